The van der Waals surface area contributed by atoms with Gasteiger partial charge in [0.2, 0.25) is 11.8 Å². The molecule has 122 valence electrons. The minimum Gasteiger partial charge on any atom is -0.369 e. The number of nitrogens with one attached hydrogen (secondary N) is 2. The van der Waals surface area contributed by atoms with Crippen LogP contribution in [-0.4, -0.2) is 41.7 Å². The number of para-hydroxylation sites is 1. The van der Waals surface area contributed by atoms with Gasteiger partial charge in [-0.1, -0.05) is 12.1 Å². The van der Waals surface area contributed by atoms with Crippen molar-refractivity contribution in [1.29, 1.82) is 0 Å². The maximum absolute atomic E-state index is 12.1. The molecule has 1 saturated heterocycles. The first-order valence-corrected chi connectivity index (χ1v) is 8.90. The highest BCUT2D eigenvalue weighted by atomic mass is 35.5. The van der Waals surface area contributed by atoms with Crippen molar-refractivity contribution in [2.75, 3.05) is 29.1 Å². The SMILES string of the molecule is Cl.NC(=O)CSc1ccccc1NC(=O)CC1CSCCN1. The van der Waals surface area contributed by atoms with E-state index in [0.717, 1.165) is 28.6 Å². The van der Waals surface area contributed by atoms with Crippen molar-refractivity contribution >= 4 is 53.4 Å². The van der Waals surface area contributed by atoms with E-state index in [0.29, 0.717) is 6.42 Å². The highest BCUT2D eigenvalue weighted by Gasteiger charge is 2.17. The van der Waals surface area contributed by atoms with E-state index in [1.807, 2.05) is 36.0 Å². The van der Waals surface area contributed by atoms with Gasteiger partial charge in [-0.2, -0.15) is 11.8 Å². The molecule has 1 aromatic carbocycles. The normalized spacial score (nSPS) is 17.4. The van der Waals surface area contributed by atoms with Crippen LogP contribution in [0.5, 0.6) is 0 Å². The standard InChI is InChI=1S/C14H19N3O2S2.ClH/c15-13(18)9-21-12-4-2-1-3-11(12)17-14(19)7-10-8-20-6-5-16-10;/h1-4,10,16H,5-9H2,(H2,15,18)(H,17,19);1H. The zero-order valence-electron chi connectivity index (χ0n) is 12.0. The molecule has 2 amide bonds. The Morgan fingerprint density at radius 2 is 2.18 bits per heavy atom. The average Bonchev–Trinajstić information content (AvgIpc) is 2.47. The first-order chi connectivity index (χ1) is 10.1. The molecule has 0 radical (unpaired) electrons. The topological polar surface area (TPSA) is 84.2 Å². The monoisotopic (exact) mass is 361 g/mol. The summed E-state index contributed by atoms with van der Waals surface area (Å²) in [4.78, 5) is 23.8. The smallest absolute Gasteiger partial charge is 0.227 e. The summed E-state index contributed by atoms with van der Waals surface area (Å²) in [6.45, 7) is 0.952. The summed E-state index contributed by atoms with van der Waals surface area (Å²) in [5, 5.41) is 6.26. The number of rotatable bonds is 6. The number of amides is 2. The van der Waals surface area contributed by atoms with E-state index in [9.17, 15) is 9.59 Å². The summed E-state index contributed by atoms with van der Waals surface area (Å²) >= 11 is 3.20. The Kier molecular flexibility index (Phi) is 8.70. The van der Waals surface area contributed by atoms with Crippen LogP contribution in [0.25, 0.3) is 0 Å². The number of halogens is 1. The zero-order chi connectivity index (χ0) is 15.1. The Labute approximate surface area is 145 Å². The molecule has 22 heavy (non-hydrogen) atoms. The van der Waals surface area contributed by atoms with E-state index in [2.05, 4.69) is 10.6 Å². The second-order valence-electron chi connectivity index (χ2n) is 4.73. The van der Waals surface area contributed by atoms with Gasteiger partial charge in [0.1, 0.15) is 0 Å². The van der Waals surface area contributed by atoms with E-state index < -0.39 is 0 Å². The highest BCUT2D eigenvalue weighted by molar-refractivity contribution is 8.00. The number of carbonyl (C=O) groups excluding carboxylic acids is 2. The van der Waals surface area contributed by atoms with Crippen LogP contribution < -0.4 is 16.4 Å². The van der Waals surface area contributed by atoms with Crippen molar-refractivity contribution in [2.24, 2.45) is 5.73 Å². The molecule has 0 bridgehead atoms. The molecule has 0 aromatic heterocycles. The van der Waals surface area contributed by atoms with Crippen LogP contribution in [0.3, 0.4) is 0 Å². The molecule has 1 atom stereocenters. The highest BCUT2D eigenvalue weighted by Crippen LogP contribution is 2.27. The van der Waals surface area contributed by atoms with Gasteiger partial charge < -0.3 is 16.4 Å². The molecule has 1 unspecified atom stereocenters. The number of hydrogen-bond acceptors (Lipinski definition) is 5. The number of benzene rings is 1. The zero-order valence-corrected chi connectivity index (χ0v) is 14.5. The summed E-state index contributed by atoms with van der Waals surface area (Å²) in [7, 11) is 0. The van der Waals surface area contributed by atoms with Gasteiger partial charge >= 0.3 is 0 Å². The Morgan fingerprint density at radius 1 is 1.41 bits per heavy atom. The largest absolute Gasteiger partial charge is 0.369 e. The lowest BCUT2D eigenvalue weighted by Gasteiger charge is -2.22. The lowest BCUT2D eigenvalue weighted by Crippen LogP contribution is -2.39. The van der Waals surface area contributed by atoms with Crippen LogP contribution in [0, 0.1) is 0 Å². The fourth-order valence-corrected chi connectivity index (χ4v) is 3.72. The average molecular weight is 362 g/mol. The van der Waals surface area contributed by atoms with Crippen LogP contribution in [0.2, 0.25) is 0 Å². The fraction of sp³-hybridized carbons (Fsp3) is 0.429. The second kappa shape index (κ2) is 9.99. The quantitative estimate of drug-likeness (QED) is 0.672. The second-order valence-corrected chi connectivity index (χ2v) is 6.90. The van der Waals surface area contributed by atoms with E-state index in [1.165, 1.54) is 11.8 Å². The number of thioether (sulfide) groups is 2. The third kappa shape index (κ3) is 6.48. The summed E-state index contributed by atoms with van der Waals surface area (Å²) in [5.41, 5.74) is 5.89. The summed E-state index contributed by atoms with van der Waals surface area (Å²) < 4.78 is 0. The van der Waals surface area contributed by atoms with Gasteiger partial charge in [0, 0.05) is 35.4 Å². The van der Waals surface area contributed by atoms with E-state index in [-0.39, 0.29) is 36.0 Å². The summed E-state index contributed by atoms with van der Waals surface area (Å²) in [5.74, 6) is 1.89. The minimum absolute atomic E-state index is 0. The van der Waals surface area contributed by atoms with Crippen molar-refractivity contribution < 1.29 is 9.59 Å². The third-order valence-electron chi connectivity index (χ3n) is 2.96. The number of carbonyl (C=O) groups is 2. The molecule has 5 nitrogen and oxygen atoms in total. The first kappa shape index (κ1) is 19.2. The Balaban J connectivity index is 0.00000242. The molecule has 4 N–H and O–H groups in total. The predicted octanol–water partition coefficient (Wildman–Crippen LogP) is 1.72. The van der Waals surface area contributed by atoms with Crippen molar-refractivity contribution in [3.8, 4) is 0 Å². The van der Waals surface area contributed by atoms with Crippen LogP contribution >= 0.6 is 35.9 Å². The van der Waals surface area contributed by atoms with Gasteiger partial charge in [0.05, 0.1) is 11.4 Å². The minimum atomic E-state index is -0.371. The lowest BCUT2D eigenvalue weighted by molar-refractivity contribution is -0.117. The predicted molar refractivity (Wildman–Crippen MR) is 96.0 cm³/mol. The van der Waals surface area contributed by atoms with Gasteiger partial charge in [-0.05, 0) is 12.1 Å². The third-order valence-corrected chi connectivity index (χ3v) is 5.19. The van der Waals surface area contributed by atoms with Crippen LogP contribution in [0.1, 0.15) is 6.42 Å². The summed E-state index contributed by atoms with van der Waals surface area (Å²) in [6.07, 6.45) is 0.460. The van der Waals surface area contributed by atoms with Crippen molar-refractivity contribution in [3.05, 3.63) is 24.3 Å². The van der Waals surface area contributed by atoms with Crippen LogP contribution in [0.15, 0.2) is 29.2 Å². The molecule has 0 spiro atoms. The Morgan fingerprint density at radius 3 is 2.86 bits per heavy atom. The molecule has 8 heteroatoms. The van der Waals surface area contributed by atoms with Gasteiger partial charge in [-0.3, -0.25) is 9.59 Å². The first-order valence-electron chi connectivity index (χ1n) is 6.76. The fourth-order valence-electron chi connectivity index (χ4n) is 2.02. The number of primary amides is 1. The van der Waals surface area contributed by atoms with Gasteiger partial charge in [0.25, 0.3) is 0 Å². The maximum Gasteiger partial charge on any atom is 0.227 e. The van der Waals surface area contributed by atoms with Crippen LogP contribution in [-0.2, 0) is 9.59 Å². The van der Waals surface area contributed by atoms with Crippen molar-refractivity contribution in [1.82, 2.24) is 5.32 Å². The van der Waals surface area contributed by atoms with E-state index in [1.54, 1.807) is 0 Å². The van der Waals surface area contributed by atoms with E-state index in [4.69, 9.17) is 5.73 Å². The number of nitrogens with two attached hydrogens (primary N) is 1. The molecule has 1 heterocycles. The number of anilines is 1. The molecular formula is C14H20ClN3O2S2. The van der Waals surface area contributed by atoms with Crippen LogP contribution in [0.4, 0.5) is 5.69 Å². The lowest BCUT2D eigenvalue weighted by atomic mass is 10.2. The molecule has 1 aliphatic rings. The van der Waals surface area contributed by atoms with Crippen molar-refractivity contribution in [2.45, 2.75) is 17.4 Å². The Hall–Kier alpha value is -0.890. The molecule has 1 aliphatic heterocycles. The molecule has 0 aliphatic carbocycles. The van der Waals surface area contributed by atoms with E-state index >= 15 is 0 Å². The Bertz CT molecular complexity index is 511. The molecular weight excluding hydrogens is 342 g/mol. The molecule has 1 aromatic rings. The molecule has 0 saturated carbocycles. The van der Waals surface area contributed by atoms with Gasteiger partial charge in [-0.25, -0.2) is 0 Å². The molecule has 2 rings (SSSR count). The number of hydrogen-bond donors (Lipinski definition) is 3. The maximum atomic E-state index is 12.1. The van der Waals surface area contributed by atoms with Gasteiger partial charge in [-0.15, -0.1) is 24.2 Å². The summed E-state index contributed by atoms with van der Waals surface area (Å²) in [6, 6.07) is 7.67. The van der Waals surface area contributed by atoms with Crippen molar-refractivity contribution in [3.63, 3.8) is 0 Å². The molecule has 1 fully saturated rings. The van der Waals surface area contributed by atoms with Gasteiger partial charge in [0.15, 0.2) is 0 Å².